The molecule has 0 amide bonds. The third-order valence-corrected chi connectivity index (χ3v) is 3.33. The average molecular weight is 294 g/mol. The molecule has 2 nitrogen and oxygen atoms in total. The number of aromatic nitrogens is 1. The van der Waals surface area contributed by atoms with Crippen LogP contribution in [-0.4, -0.2) is 12.0 Å². The fourth-order valence-corrected chi connectivity index (χ4v) is 2.57. The quantitative estimate of drug-likeness (QED) is 0.924. The van der Waals surface area contributed by atoms with Crippen molar-refractivity contribution in [1.29, 1.82) is 0 Å². The van der Waals surface area contributed by atoms with Crippen LogP contribution in [0.3, 0.4) is 0 Å². The van der Waals surface area contributed by atoms with Crippen molar-refractivity contribution in [3.63, 3.8) is 0 Å². The molecule has 0 aliphatic carbocycles. The number of nitrogens with zero attached hydrogens (tertiary/aromatic N) is 1. The largest absolute Gasteiger partial charge is 0.416 e. The average Bonchev–Trinajstić information content (AvgIpc) is 2.38. The molecular weight excluding hydrogens is 277 g/mol. The van der Waals surface area contributed by atoms with Crippen LogP contribution in [0.25, 0.3) is 0 Å². The van der Waals surface area contributed by atoms with Gasteiger partial charge in [0.2, 0.25) is 0 Å². The first-order chi connectivity index (χ1) is 9.82. The van der Waals surface area contributed by atoms with Gasteiger partial charge in [0.05, 0.1) is 11.6 Å². The zero-order valence-corrected chi connectivity index (χ0v) is 12.1. The Kier molecular flexibility index (Phi) is 4.32. The smallest absolute Gasteiger partial charge is 0.309 e. The van der Waals surface area contributed by atoms with Crippen LogP contribution in [0.1, 0.15) is 33.9 Å². The highest BCUT2D eigenvalue weighted by Crippen LogP contribution is 2.36. The number of hydrogen-bond donors (Lipinski definition) is 1. The first kappa shape index (κ1) is 15.5. The summed E-state index contributed by atoms with van der Waals surface area (Å²) in [5.41, 5.74) is 2.31. The summed E-state index contributed by atoms with van der Waals surface area (Å²) in [5.74, 6) is 0. The van der Waals surface area contributed by atoms with Gasteiger partial charge in [-0.2, -0.15) is 13.2 Å². The maximum atomic E-state index is 13.2. The Morgan fingerprint density at radius 1 is 1.10 bits per heavy atom. The summed E-state index contributed by atoms with van der Waals surface area (Å²) in [7, 11) is 1.65. The van der Waals surface area contributed by atoms with Crippen LogP contribution in [0, 0.1) is 13.8 Å². The highest BCUT2D eigenvalue weighted by atomic mass is 19.4. The van der Waals surface area contributed by atoms with E-state index in [0.717, 1.165) is 22.8 Å². The molecule has 0 spiro atoms. The monoisotopic (exact) mass is 294 g/mol. The van der Waals surface area contributed by atoms with E-state index >= 15 is 0 Å². The second-order valence-electron chi connectivity index (χ2n) is 5.10. The van der Waals surface area contributed by atoms with Crippen LogP contribution in [-0.2, 0) is 6.18 Å². The number of hydrogen-bond acceptors (Lipinski definition) is 2. The third kappa shape index (κ3) is 3.42. The van der Waals surface area contributed by atoms with E-state index in [1.165, 1.54) is 12.4 Å². The van der Waals surface area contributed by atoms with E-state index in [1.54, 1.807) is 7.05 Å². The van der Waals surface area contributed by atoms with Gasteiger partial charge in [-0.05, 0) is 32.5 Å². The molecule has 0 aliphatic rings. The number of pyridine rings is 1. The van der Waals surface area contributed by atoms with E-state index < -0.39 is 17.8 Å². The highest BCUT2D eigenvalue weighted by Gasteiger charge is 2.35. The molecule has 0 saturated heterocycles. The first-order valence-corrected chi connectivity index (χ1v) is 6.59. The van der Waals surface area contributed by atoms with Crippen LogP contribution >= 0.6 is 0 Å². The molecule has 0 fully saturated rings. The van der Waals surface area contributed by atoms with Crippen molar-refractivity contribution in [2.45, 2.75) is 26.1 Å². The van der Waals surface area contributed by atoms with Crippen LogP contribution in [0.15, 0.2) is 36.7 Å². The summed E-state index contributed by atoms with van der Waals surface area (Å²) in [5, 5.41) is 2.96. The molecule has 1 aromatic heterocycles. The Morgan fingerprint density at radius 2 is 1.71 bits per heavy atom. The Hall–Kier alpha value is -1.88. The van der Waals surface area contributed by atoms with Gasteiger partial charge >= 0.3 is 6.18 Å². The van der Waals surface area contributed by atoms with E-state index in [1.807, 2.05) is 32.0 Å². The number of aryl methyl sites for hydroxylation is 2. The number of nitrogens with one attached hydrogen (secondary N) is 1. The molecule has 0 radical (unpaired) electrons. The summed E-state index contributed by atoms with van der Waals surface area (Å²) >= 11 is 0. The summed E-state index contributed by atoms with van der Waals surface area (Å²) in [6, 6.07) is 6.24. The van der Waals surface area contributed by atoms with Crippen LogP contribution in [0.5, 0.6) is 0 Å². The molecule has 2 aromatic rings. The van der Waals surface area contributed by atoms with Gasteiger partial charge in [-0.15, -0.1) is 0 Å². The molecule has 0 saturated carbocycles. The van der Waals surface area contributed by atoms with E-state index in [2.05, 4.69) is 10.3 Å². The topological polar surface area (TPSA) is 24.9 Å². The van der Waals surface area contributed by atoms with Gasteiger partial charge < -0.3 is 5.32 Å². The van der Waals surface area contributed by atoms with Crippen LogP contribution in [0.4, 0.5) is 13.2 Å². The van der Waals surface area contributed by atoms with Crippen molar-refractivity contribution in [2.24, 2.45) is 0 Å². The SMILES string of the molecule is CNC(c1cc(C)cc(C)c1)c1cnccc1C(F)(F)F. The summed E-state index contributed by atoms with van der Waals surface area (Å²) in [4.78, 5) is 3.86. The van der Waals surface area contributed by atoms with Crippen molar-refractivity contribution in [3.8, 4) is 0 Å². The Morgan fingerprint density at radius 3 is 2.24 bits per heavy atom. The molecule has 0 aliphatic heterocycles. The lowest BCUT2D eigenvalue weighted by Crippen LogP contribution is -2.22. The molecule has 1 aromatic carbocycles. The molecule has 1 heterocycles. The number of halogens is 3. The van der Waals surface area contributed by atoms with Gasteiger partial charge in [0.1, 0.15) is 0 Å². The van der Waals surface area contributed by atoms with Gasteiger partial charge in [-0.3, -0.25) is 4.98 Å². The zero-order chi connectivity index (χ0) is 15.6. The lowest BCUT2D eigenvalue weighted by molar-refractivity contribution is -0.138. The predicted molar refractivity (Wildman–Crippen MR) is 76.1 cm³/mol. The Balaban J connectivity index is 2.57. The first-order valence-electron chi connectivity index (χ1n) is 6.59. The molecule has 112 valence electrons. The Bertz CT molecular complexity index is 615. The Labute approximate surface area is 122 Å². The molecule has 0 bridgehead atoms. The highest BCUT2D eigenvalue weighted by molar-refractivity contribution is 5.40. The zero-order valence-electron chi connectivity index (χ0n) is 12.1. The third-order valence-electron chi connectivity index (χ3n) is 3.33. The molecule has 1 unspecified atom stereocenters. The molecule has 21 heavy (non-hydrogen) atoms. The molecule has 1 N–H and O–H groups in total. The van der Waals surface area contributed by atoms with Gasteiger partial charge in [-0.25, -0.2) is 0 Å². The number of alkyl halides is 3. The fourth-order valence-electron chi connectivity index (χ4n) is 2.57. The normalized spacial score (nSPS) is 13.2. The summed E-state index contributed by atoms with van der Waals surface area (Å²) < 4.78 is 39.5. The van der Waals surface area contributed by atoms with E-state index in [9.17, 15) is 13.2 Å². The van der Waals surface area contributed by atoms with Crippen molar-refractivity contribution in [2.75, 3.05) is 7.05 Å². The maximum Gasteiger partial charge on any atom is 0.416 e. The molecule has 2 rings (SSSR count). The predicted octanol–water partition coefficient (Wildman–Crippen LogP) is 4.03. The lowest BCUT2D eigenvalue weighted by atomic mass is 9.93. The van der Waals surface area contributed by atoms with Gasteiger partial charge in [0.15, 0.2) is 0 Å². The van der Waals surface area contributed by atoms with Gasteiger partial charge in [0.25, 0.3) is 0 Å². The van der Waals surface area contributed by atoms with Crippen molar-refractivity contribution >= 4 is 0 Å². The van der Waals surface area contributed by atoms with E-state index in [-0.39, 0.29) is 5.56 Å². The van der Waals surface area contributed by atoms with Crippen LogP contribution < -0.4 is 5.32 Å². The molecule has 1 atom stereocenters. The molecular formula is C16H17F3N2. The number of rotatable bonds is 3. The minimum atomic E-state index is -4.40. The summed E-state index contributed by atoms with van der Waals surface area (Å²) in [6.45, 7) is 3.86. The van der Waals surface area contributed by atoms with Crippen molar-refractivity contribution < 1.29 is 13.2 Å². The van der Waals surface area contributed by atoms with Crippen LogP contribution in [0.2, 0.25) is 0 Å². The standard InChI is InChI=1S/C16H17F3N2/c1-10-6-11(2)8-12(7-10)15(20-3)13-9-21-5-4-14(13)16(17,18)19/h4-9,15,20H,1-3H3. The van der Waals surface area contributed by atoms with E-state index in [4.69, 9.17) is 0 Å². The lowest BCUT2D eigenvalue weighted by Gasteiger charge is -2.22. The second kappa shape index (κ2) is 5.85. The van der Waals surface area contributed by atoms with E-state index in [0.29, 0.717) is 0 Å². The molecule has 5 heteroatoms. The minimum absolute atomic E-state index is 0.137. The van der Waals surface area contributed by atoms with Gasteiger partial charge in [-0.1, -0.05) is 29.3 Å². The fraction of sp³-hybridized carbons (Fsp3) is 0.312. The van der Waals surface area contributed by atoms with Gasteiger partial charge in [0, 0.05) is 18.0 Å². The second-order valence-corrected chi connectivity index (χ2v) is 5.10. The minimum Gasteiger partial charge on any atom is -0.309 e. The maximum absolute atomic E-state index is 13.2. The van der Waals surface area contributed by atoms with Crippen molar-refractivity contribution in [1.82, 2.24) is 10.3 Å². The number of benzene rings is 1. The summed E-state index contributed by atoms with van der Waals surface area (Å²) in [6.07, 6.45) is -1.95. The van der Waals surface area contributed by atoms with Crippen molar-refractivity contribution in [3.05, 3.63) is 64.5 Å².